The molecule has 1 aliphatic carbocycles. The summed E-state index contributed by atoms with van der Waals surface area (Å²) in [6, 6.07) is 9.58. The van der Waals surface area contributed by atoms with E-state index in [2.05, 4.69) is 15.3 Å². The Morgan fingerprint density at radius 3 is 2.31 bits per heavy atom. The van der Waals surface area contributed by atoms with Gasteiger partial charge in [0.05, 0.1) is 33.0 Å². The van der Waals surface area contributed by atoms with E-state index in [1.54, 1.807) is 18.2 Å². The van der Waals surface area contributed by atoms with Gasteiger partial charge in [0.1, 0.15) is 0 Å². The van der Waals surface area contributed by atoms with Crippen molar-refractivity contribution in [2.24, 2.45) is 0 Å². The zero-order valence-corrected chi connectivity index (χ0v) is 18.4. The fourth-order valence-electron chi connectivity index (χ4n) is 3.66. The monoisotopic (exact) mass is 505 g/mol. The predicted molar refractivity (Wildman–Crippen MR) is 119 cm³/mol. The first-order valence-corrected chi connectivity index (χ1v) is 10.9. The van der Waals surface area contributed by atoms with Crippen LogP contribution >= 0.6 is 11.8 Å². The molecule has 0 saturated carbocycles. The fraction of sp³-hybridized carbons (Fsp3) is 0.190. The number of nitrogens with one attached hydrogen (secondary N) is 1. The van der Waals surface area contributed by atoms with E-state index in [0.717, 1.165) is 23.8 Å². The van der Waals surface area contributed by atoms with Crippen molar-refractivity contribution >= 4 is 34.7 Å². The third kappa shape index (κ3) is 5.21. The van der Waals surface area contributed by atoms with Crippen molar-refractivity contribution in [3.05, 3.63) is 79.5 Å². The number of aromatic nitrogens is 2. The number of carbonyl (C=O) groups excluding carboxylic acids is 1. The number of aryl methyl sites for hydroxylation is 1. The smallest absolute Gasteiger partial charge is 0.325 e. The van der Waals surface area contributed by atoms with Crippen LogP contribution in [0, 0.1) is 20.2 Å². The van der Waals surface area contributed by atoms with Gasteiger partial charge < -0.3 is 5.32 Å². The summed E-state index contributed by atoms with van der Waals surface area (Å²) in [6.45, 7) is 0. The molecule has 0 saturated heterocycles. The van der Waals surface area contributed by atoms with Crippen LogP contribution in [0.25, 0.3) is 11.3 Å². The Hall–Kier alpha value is -4.07. The highest BCUT2D eigenvalue weighted by molar-refractivity contribution is 7.99. The highest BCUT2D eigenvalue weighted by Gasteiger charge is 2.38. The highest BCUT2D eigenvalue weighted by Crippen LogP contribution is 2.40. The van der Waals surface area contributed by atoms with E-state index in [0.29, 0.717) is 23.7 Å². The molecule has 1 N–H and O–H groups in total. The summed E-state index contributed by atoms with van der Waals surface area (Å²) >= 11 is 0.645. The summed E-state index contributed by atoms with van der Waals surface area (Å²) in [5.74, 6) is -1.20. The normalized spacial score (nSPS) is 12.4. The Morgan fingerprint density at radius 1 is 1.03 bits per heavy atom. The number of anilines is 1. The summed E-state index contributed by atoms with van der Waals surface area (Å²) < 4.78 is 41.2. The molecule has 4 rings (SSSR count). The number of hydrogen-bond donors (Lipinski definition) is 1. The SMILES string of the molecule is O=C(CSc1nc2c(c(C(F)(F)F)n1)CCc1ccccc1-2)Nc1cc([N+](=O)[O-])cc([N+](=O)[O-])c1. The van der Waals surface area contributed by atoms with Crippen molar-refractivity contribution < 1.29 is 27.8 Å². The van der Waals surface area contributed by atoms with E-state index < -0.39 is 44.8 Å². The molecule has 0 bridgehead atoms. The van der Waals surface area contributed by atoms with Crippen molar-refractivity contribution in [1.82, 2.24) is 9.97 Å². The van der Waals surface area contributed by atoms with Gasteiger partial charge in [-0.25, -0.2) is 9.97 Å². The molecule has 0 fully saturated rings. The second-order valence-electron chi connectivity index (χ2n) is 7.43. The van der Waals surface area contributed by atoms with Gasteiger partial charge in [-0.1, -0.05) is 36.0 Å². The molecule has 0 atom stereocenters. The minimum Gasteiger partial charge on any atom is -0.325 e. The molecule has 2 aromatic carbocycles. The summed E-state index contributed by atoms with van der Waals surface area (Å²) in [7, 11) is 0. The predicted octanol–water partition coefficient (Wildman–Crippen LogP) is 4.81. The Bertz CT molecular complexity index is 1330. The number of carbonyl (C=O) groups is 1. The van der Waals surface area contributed by atoms with E-state index in [1.165, 1.54) is 0 Å². The number of non-ortho nitro benzene ring substituents is 2. The third-order valence-electron chi connectivity index (χ3n) is 5.11. The molecule has 1 aromatic heterocycles. The van der Waals surface area contributed by atoms with Gasteiger partial charge >= 0.3 is 6.18 Å². The van der Waals surface area contributed by atoms with Gasteiger partial charge in [0.2, 0.25) is 5.91 Å². The van der Waals surface area contributed by atoms with Gasteiger partial charge in [-0.05, 0) is 18.4 Å². The lowest BCUT2D eigenvalue weighted by Crippen LogP contribution is -2.19. The van der Waals surface area contributed by atoms with Gasteiger partial charge in [0.15, 0.2) is 10.9 Å². The van der Waals surface area contributed by atoms with Gasteiger partial charge in [-0.3, -0.25) is 25.0 Å². The van der Waals surface area contributed by atoms with E-state index in [1.807, 2.05) is 6.07 Å². The van der Waals surface area contributed by atoms with Gasteiger partial charge in [0, 0.05) is 23.3 Å². The molecule has 0 spiro atoms. The number of nitrogens with zero attached hydrogens (tertiary/aromatic N) is 4. The van der Waals surface area contributed by atoms with E-state index >= 15 is 0 Å². The molecular formula is C21H14F3N5O5S. The van der Waals surface area contributed by atoms with Crippen molar-refractivity contribution in [2.75, 3.05) is 11.1 Å². The second-order valence-corrected chi connectivity index (χ2v) is 8.37. The second kappa shape index (κ2) is 9.29. The van der Waals surface area contributed by atoms with Crippen molar-refractivity contribution in [1.29, 1.82) is 0 Å². The zero-order valence-electron chi connectivity index (χ0n) is 17.5. The topological polar surface area (TPSA) is 141 Å². The quantitative estimate of drug-likeness (QED) is 0.218. The van der Waals surface area contributed by atoms with Crippen LogP contribution in [-0.4, -0.2) is 31.5 Å². The molecule has 35 heavy (non-hydrogen) atoms. The first-order valence-electron chi connectivity index (χ1n) is 9.96. The number of halogens is 3. The van der Waals surface area contributed by atoms with E-state index in [4.69, 9.17) is 0 Å². The number of nitro groups is 2. The van der Waals surface area contributed by atoms with Crippen LogP contribution in [0.5, 0.6) is 0 Å². The molecule has 0 radical (unpaired) electrons. The number of amides is 1. The largest absolute Gasteiger partial charge is 0.433 e. The number of fused-ring (bicyclic) bond motifs is 3. The molecule has 1 amide bonds. The molecule has 1 heterocycles. The fourth-order valence-corrected chi connectivity index (χ4v) is 4.30. The average molecular weight is 505 g/mol. The lowest BCUT2D eigenvalue weighted by molar-refractivity contribution is -0.394. The number of alkyl halides is 3. The van der Waals surface area contributed by atoms with E-state index in [-0.39, 0.29) is 28.5 Å². The number of nitro benzene ring substituents is 2. The Kier molecular flexibility index (Phi) is 6.39. The Morgan fingerprint density at radius 2 is 1.69 bits per heavy atom. The molecule has 14 heteroatoms. The Balaban J connectivity index is 1.59. The van der Waals surface area contributed by atoms with Gasteiger partial charge in [0.25, 0.3) is 11.4 Å². The van der Waals surface area contributed by atoms with Crippen molar-refractivity contribution in [2.45, 2.75) is 24.2 Å². The molecule has 10 nitrogen and oxygen atoms in total. The highest BCUT2D eigenvalue weighted by atomic mass is 32.2. The van der Waals surface area contributed by atoms with Crippen LogP contribution in [0.3, 0.4) is 0 Å². The van der Waals surface area contributed by atoms with Crippen LogP contribution < -0.4 is 5.32 Å². The minimum atomic E-state index is -4.72. The molecule has 1 aliphatic rings. The van der Waals surface area contributed by atoms with E-state index in [9.17, 15) is 38.2 Å². The number of hydrogen-bond acceptors (Lipinski definition) is 8. The maximum atomic E-state index is 13.7. The molecule has 3 aromatic rings. The maximum Gasteiger partial charge on any atom is 0.433 e. The Labute approximate surface area is 198 Å². The van der Waals surface area contributed by atoms with Crippen LogP contribution in [0.15, 0.2) is 47.6 Å². The van der Waals surface area contributed by atoms with Gasteiger partial charge in [-0.15, -0.1) is 0 Å². The minimum absolute atomic E-state index is 0.00564. The van der Waals surface area contributed by atoms with Crippen molar-refractivity contribution in [3.63, 3.8) is 0 Å². The zero-order chi connectivity index (χ0) is 25.3. The summed E-state index contributed by atoms with van der Waals surface area (Å²) in [4.78, 5) is 40.6. The van der Waals surface area contributed by atoms with Gasteiger partial charge in [-0.2, -0.15) is 13.2 Å². The summed E-state index contributed by atoms with van der Waals surface area (Å²) in [5.41, 5.74) is -0.894. The molecule has 0 unspecified atom stereocenters. The average Bonchev–Trinajstić information content (AvgIpc) is 2.81. The van der Waals surface area contributed by atoms with Crippen LogP contribution in [0.1, 0.15) is 16.8 Å². The number of thioether (sulfide) groups is 1. The standard InChI is InChI=1S/C21H14F3N5O5S/c22-21(23,24)19-16-6-5-11-3-1-2-4-15(11)18(16)26-20(27-19)35-10-17(30)25-12-7-13(28(31)32)9-14(8-12)29(33)34/h1-4,7-9H,5-6,10H2,(H,25,30). The first kappa shape index (κ1) is 24.1. The maximum absolute atomic E-state index is 13.7. The van der Waals surface area contributed by atoms with Crippen LogP contribution in [0.2, 0.25) is 0 Å². The number of rotatable bonds is 6. The molecule has 180 valence electrons. The first-order chi connectivity index (χ1) is 16.5. The molecular weight excluding hydrogens is 491 g/mol. The van der Waals surface area contributed by atoms with Crippen molar-refractivity contribution in [3.8, 4) is 11.3 Å². The molecule has 0 aliphatic heterocycles. The number of benzene rings is 2. The lowest BCUT2D eigenvalue weighted by Gasteiger charge is -2.22. The summed E-state index contributed by atoms with van der Waals surface area (Å²) in [5, 5.41) is 24.0. The van der Waals surface area contributed by atoms with Crippen LogP contribution in [-0.2, 0) is 23.8 Å². The third-order valence-corrected chi connectivity index (χ3v) is 5.96. The summed E-state index contributed by atoms with van der Waals surface area (Å²) in [6.07, 6.45) is -4.18. The van der Waals surface area contributed by atoms with Crippen LogP contribution in [0.4, 0.5) is 30.2 Å². The lowest BCUT2D eigenvalue weighted by atomic mass is 9.88.